The van der Waals surface area contributed by atoms with Gasteiger partial charge in [0.1, 0.15) is 5.75 Å². The van der Waals surface area contributed by atoms with Crippen LogP contribution in [-0.4, -0.2) is 65.2 Å². The molecule has 0 spiro atoms. The maximum Gasteiger partial charge on any atom is 0.247 e. The number of halogens is 1. The van der Waals surface area contributed by atoms with Gasteiger partial charge in [0.2, 0.25) is 17.7 Å². The molecule has 8 nitrogen and oxygen atoms in total. The van der Waals surface area contributed by atoms with Crippen LogP contribution in [0.4, 0.5) is 5.69 Å². The van der Waals surface area contributed by atoms with Gasteiger partial charge in [-0.25, -0.2) is 0 Å². The van der Waals surface area contributed by atoms with E-state index in [1.807, 2.05) is 36.4 Å². The lowest BCUT2D eigenvalue weighted by atomic mass is 10.2. The highest BCUT2D eigenvalue weighted by molar-refractivity contribution is 6.33. The monoisotopic (exact) mass is 483 g/mol. The van der Waals surface area contributed by atoms with E-state index in [1.54, 1.807) is 12.1 Å². The molecule has 0 aliphatic carbocycles. The molecule has 1 saturated heterocycles. The number of hydrogen-bond acceptors (Lipinski definition) is 7. The van der Waals surface area contributed by atoms with Crippen LogP contribution >= 0.6 is 11.6 Å². The number of ether oxygens (including phenoxy) is 1. The topological polar surface area (TPSA) is 83.7 Å². The van der Waals surface area contributed by atoms with Gasteiger partial charge in [-0.05, 0) is 42.8 Å². The minimum atomic E-state index is -0.0649. The summed E-state index contributed by atoms with van der Waals surface area (Å²) < 4.78 is 11.6. The van der Waals surface area contributed by atoms with Crippen molar-refractivity contribution >= 4 is 23.2 Å². The van der Waals surface area contributed by atoms with E-state index in [9.17, 15) is 4.79 Å². The minimum absolute atomic E-state index is 0.0649. The molecule has 34 heavy (non-hydrogen) atoms. The van der Waals surface area contributed by atoms with Gasteiger partial charge in [-0.3, -0.25) is 14.6 Å². The molecular formula is C25H30ClN5O3. The number of piperazine rings is 1. The Morgan fingerprint density at radius 3 is 2.53 bits per heavy atom. The fourth-order valence-electron chi connectivity index (χ4n) is 3.71. The molecule has 1 aromatic heterocycles. The summed E-state index contributed by atoms with van der Waals surface area (Å²) >= 11 is 6.12. The first-order valence-electron chi connectivity index (χ1n) is 11.7. The van der Waals surface area contributed by atoms with E-state index in [0.29, 0.717) is 35.6 Å². The molecule has 1 aliphatic heterocycles. The predicted molar refractivity (Wildman–Crippen MR) is 132 cm³/mol. The largest absolute Gasteiger partial charge is 0.494 e. The van der Waals surface area contributed by atoms with Gasteiger partial charge in [0, 0.05) is 31.7 Å². The van der Waals surface area contributed by atoms with Gasteiger partial charge >= 0.3 is 0 Å². The van der Waals surface area contributed by atoms with Gasteiger partial charge in [0.15, 0.2) is 0 Å². The molecule has 0 unspecified atom stereocenters. The van der Waals surface area contributed by atoms with Crippen LogP contribution in [0.5, 0.6) is 5.75 Å². The van der Waals surface area contributed by atoms with Crippen LogP contribution in [0.2, 0.25) is 5.02 Å². The lowest BCUT2D eigenvalue weighted by Crippen LogP contribution is -2.48. The molecule has 9 heteroatoms. The van der Waals surface area contributed by atoms with Crippen molar-refractivity contribution in [1.82, 2.24) is 20.0 Å². The number of unbranched alkanes of at least 4 members (excludes halogenated alkanes) is 1. The molecule has 0 atom stereocenters. The lowest BCUT2D eigenvalue weighted by Gasteiger charge is -2.33. The molecule has 0 radical (unpaired) electrons. The van der Waals surface area contributed by atoms with E-state index in [1.165, 1.54) is 0 Å². The standard InChI is InChI=1S/C25H30ClN5O3/c1-2-3-16-33-20-10-8-19(9-11-20)25-29-28-24(34-25)18-31-14-12-30(13-15-31)17-23(32)27-22-7-5-4-6-21(22)26/h4-11H,2-3,12-18H2,1H3,(H,27,32). The molecule has 0 saturated carbocycles. The van der Waals surface area contributed by atoms with Crippen LogP contribution in [0, 0.1) is 0 Å². The smallest absolute Gasteiger partial charge is 0.247 e. The van der Waals surface area contributed by atoms with Gasteiger partial charge in [-0.1, -0.05) is 37.1 Å². The Morgan fingerprint density at radius 1 is 1.06 bits per heavy atom. The lowest BCUT2D eigenvalue weighted by molar-refractivity contribution is -0.117. The van der Waals surface area contributed by atoms with E-state index in [2.05, 4.69) is 32.2 Å². The summed E-state index contributed by atoms with van der Waals surface area (Å²) in [4.78, 5) is 16.7. The van der Waals surface area contributed by atoms with Crippen molar-refractivity contribution in [2.45, 2.75) is 26.3 Å². The molecule has 1 fully saturated rings. The maximum atomic E-state index is 12.4. The Labute approximate surface area is 204 Å². The third-order valence-electron chi connectivity index (χ3n) is 5.67. The number of carbonyl (C=O) groups is 1. The first-order valence-corrected chi connectivity index (χ1v) is 12.0. The van der Waals surface area contributed by atoms with E-state index in [-0.39, 0.29) is 5.91 Å². The van der Waals surface area contributed by atoms with Crippen molar-refractivity contribution in [2.75, 3.05) is 44.6 Å². The van der Waals surface area contributed by atoms with E-state index >= 15 is 0 Å². The van der Waals surface area contributed by atoms with Crippen LogP contribution < -0.4 is 10.1 Å². The Hall–Kier alpha value is -2.94. The van der Waals surface area contributed by atoms with Crippen molar-refractivity contribution in [3.8, 4) is 17.2 Å². The zero-order valence-electron chi connectivity index (χ0n) is 19.4. The quantitative estimate of drug-likeness (QED) is 0.430. The Bertz CT molecular complexity index is 1060. The van der Waals surface area contributed by atoms with Crippen molar-refractivity contribution in [2.24, 2.45) is 0 Å². The predicted octanol–water partition coefficient (Wildman–Crippen LogP) is 4.33. The molecule has 3 aromatic rings. The van der Waals surface area contributed by atoms with Crippen LogP contribution in [0.3, 0.4) is 0 Å². The third kappa shape index (κ3) is 6.79. The summed E-state index contributed by atoms with van der Waals surface area (Å²) in [6.07, 6.45) is 2.15. The fourth-order valence-corrected chi connectivity index (χ4v) is 3.90. The van der Waals surface area contributed by atoms with Gasteiger partial charge in [-0.15, -0.1) is 10.2 Å². The van der Waals surface area contributed by atoms with Crippen molar-refractivity contribution in [3.63, 3.8) is 0 Å². The molecule has 4 rings (SSSR count). The number of rotatable bonds is 10. The number of aromatic nitrogens is 2. The highest BCUT2D eigenvalue weighted by Crippen LogP contribution is 2.23. The minimum Gasteiger partial charge on any atom is -0.494 e. The van der Waals surface area contributed by atoms with Crippen LogP contribution in [0.15, 0.2) is 52.9 Å². The van der Waals surface area contributed by atoms with Crippen LogP contribution in [0.1, 0.15) is 25.7 Å². The number of nitrogens with zero attached hydrogens (tertiary/aromatic N) is 4. The molecule has 180 valence electrons. The fraction of sp³-hybridized carbons (Fsp3) is 0.400. The number of nitrogens with one attached hydrogen (secondary N) is 1. The zero-order valence-corrected chi connectivity index (χ0v) is 20.1. The summed E-state index contributed by atoms with van der Waals surface area (Å²) in [6, 6.07) is 15.0. The summed E-state index contributed by atoms with van der Waals surface area (Å²) in [7, 11) is 0. The molecule has 2 aromatic carbocycles. The molecule has 2 heterocycles. The number of benzene rings is 2. The van der Waals surface area contributed by atoms with Crippen LogP contribution in [0.25, 0.3) is 11.5 Å². The molecule has 1 aliphatic rings. The summed E-state index contributed by atoms with van der Waals surface area (Å²) in [5.74, 6) is 1.87. The second-order valence-corrected chi connectivity index (χ2v) is 8.71. The number of carbonyl (C=O) groups excluding carboxylic acids is 1. The van der Waals surface area contributed by atoms with Crippen molar-refractivity contribution in [3.05, 3.63) is 59.4 Å². The van der Waals surface area contributed by atoms with Gasteiger partial charge in [0.25, 0.3) is 0 Å². The van der Waals surface area contributed by atoms with Gasteiger partial charge in [0.05, 0.1) is 30.4 Å². The Morgan fingerprint density at radius 2 is 1.79 bits per heavy atom. The first kappa shape index (κ1) is 24.2. The molecule has 1 amide bonds. The number of amides is 1. The number of para-hydroxylation sites is 1. The summed E-state index contributed by atoms with van der Waals surface area (Å²) in [5.41, 5.74) is 1.51. The first-order chi connectivity index (χ1) is 16.6. The number of anilines is 1. The third-order valence-corrected chi connectivity index (χ3v) is 6.00. The number of hydrogen-bond donors (Lipinski definition) is 1. The van der Waals surface area contributed by atoms with Gasteiger partial charge < -0.3 is 14.5 Å². The van der Waals surface area contributed by atoms with E-state index in [0.717, 1.165) is 56.9 Å². The van der Waals surface area contributed by atoms with Crippen LogP contribution in [-0.2, 0) is 11.3 Å². The van der Waals surface area contributed by atoms with Crippen molar-refractivity contribution < 1.29 is 13.9 Å². The summed E-state index contributed by atoms with van der Waals surface area (Å²) in [5, 5.41) is 11.8. The average Bonchev–Trinajstić information content (AvgIpc) is 3.31. The SMILES string of the molecule is CCCCOc1ccc(-c2nnc(CN3CCN(CC(=O)Nc4ccccc4Cl)CC3)o2)cc1. The van der Waals surface area contributed by atoms with E-state index < -0.39 is 0 Å². The Kier molecular flexibility index (Phi) is 8.51. The van der Waals surface area contributed by atoms with Gasteiger partial charge in [-0.2, -0.15) is 0 Å². The zero-order chi connectivity index (χ0) is 23.8. The highest BCUT2D eigenvalue weighted by Gasteiger charge is 2.21. The maximum absolute atomic E-state index is 12.4. The normalized spacial score (nSPS) is 14.8. The van der Waals surface area contributed by atoms with Crippen molar-refractivity contribution in [1.29, 1.82) is 0 Å². The Balaban J connectivity index is 1.22. The summed E-state index contributed by atoms with van der Waals surface area (Å²) in [6.45, 7) is 7.00. The molecule has 1 N–H and O–H groups in total. The van der Waals surface area contributed by atoms with E-state index in [4.69, 9.17) is 20.8 Å². The molecular weight excluding hydrogens is 454 g/mol. The second kappa shape index (κ2) is 12.0. The second-order valence-electron chi connectivity index (χ2n) is 8.31. The highest BCUT2D eigenvalue weighted by atomic mass is 35.5. The molecule has 0 bridgehead atoms. The average molecular weight is 484 g/mol.